The third-order valence-corrected chi connectivity index (χ3v) is 5.20. The fourth-order valence-electron chi connectivity index (χ4n) is 3.40. The second kappa shape index (κ2) is 9.69. The van der Waals surface area contributed by atoms with Gasteiger partial charge >= 0.3 is 12.0 Å². The van der Waals surface area contributed by atoms with E-state index >= 15 is 0 Å². The van der Waals surface area contributed by atoms with Crippen molar-refractivity contribution < 1.29 is 19.1 Å². The van der Waals surface area contributed by atoms with Crippen LogP contribution in [0.1, 0.15) is 39.2 Å². The van der Waals surface area contributed by atoms with Gasteiger partial charge in [-0.2, -0.15) is 0 Å². The fourth-order valence-corrected chi connectivity index (χ4v) is 3.40. The largest absolute Gasteiger partial charge is 0.480 e. The summed E-state index contributed by atoms with van der Waals surface area (Å²) in [6, 6.07) is 6.35. The maximum atomic E-state index is 13.0. The summed E-state index contributed by atoms with van der Waals surface area (Å²) >= 11 is 0. The van der Waals surface area contributed by atoms with Crippen molar-refractivity contribution in [3.8, 4) is 0 Å². The first-order valence-electron chi connectivity index (χ1n) is 9.55. The summed E-state index contributed by atoms with van der Waals surface area (Å²) in [6.45, 7) is 6.74. The van der Waals surface area contributed by atoms with Crippen molar-refractivity contribution in [2.75, 3.05) is 13.1 Å². The topological polar surface area (TPSA) is 81.7 Å². The lowest BCUT2D eigenvalue weighted by Gasteiger charge is -2.42. The van der Waals surface area contributed by atoms with E-state index in [0.717, 1.165) is 18.4 Å². The molecule has 2 rings (SSSR count). The van der Waals surface area contributed by atoms with Crippen LogP contribution in [0.15, 0.2) is 24.3 Å². The van der Waals surface area contributed by atoms with Crippen molar-refractivity contribution in [3.05, 3.63) is 35.6 Å². The molecule has 1 fully saturated rings. The molecule has 1 aromatic rings. The number of hydrogen-bond acceptors (Lipinski definition) is 3. The number of carbonyl (C=O) groups is 2. The smallest absolute Gasteiger partial charge is 0.317 e. The molecule has 1 aliphatic rings. The molecular weight excluding hydrogens is 349 g/mol. The minimum absolute atomic E-state index is 0.0349. The van der Waals surface area contributed by atoms with Gasteiger partial charge in [0.2, 0.25) is 0 Å². The number of likely N-dealkylation sites (N-methyl/N-ethyl adjacent to an activating group) is 1. The monoisotopic (exact) mass is 379 g/mol. The summed E-state index contributed by atoms with van der Waals surface area (Å²) < 4.78 is 13.0. The quantitative estimate of drug-likeness (QED) is 0.616. The molecule has 0 aromatic heterocycles. The first-order chi connectivity index (χ1) is 12.8. The Balaban J connectivity index is 1.79. The lowest BCUT2D eigenvalue weighted by atomic mass is 9.85. The van der Waals surface area contributed by atoms with E-state index in [1.807, 2.05) is 25.7 Å². The number of nitrogens with one attached hydrogen (secondary N) is 2. The zero-order chi connectivity index (χ0) is 20.0. The molecule has 0 spiro atoms. The lowest BCUT2D eigenvalue weighted by molar-refractivity contribution is -0.139. The van der Waals surface area contributed by atoms with Gasteiger partial charge in [-0.05, 0) is 49.4 Å². The average Bonchev–Trinajstić information content (AvgIpc) is 2.57. The molecule has 27 heavy (non-hydrogen) atoms. The van der Waals surface area contributed by atoms with E-state index < -0.39 is 5.97 Å². The lowest BCUT2D eigenvalue weighted by Crippen LogP contribution is -2.57. The summed E-state index contributed by atoms with van der Waals surface area (Å²) in [5, 5.41) is 14.9. The molecule has 0 bridgehead atoms. The van der Waals surface area contributed by atoms with E-state index in [9.17, 15) is 14.0 Å². The summed E-state index contributed by atoms with van der Waals surface area (Å²) in [4.78, 5) is 25.1. The van der Waals surface area contributed by atoms with Gasteiger partial charge in [0.25, 0.3) is 0 Å². The van der Waals surface area contributed by atoms with Crippen molar-refractivity contribution in [1.29, 1.82) is 0 Å². The number of carboxylic acids is 1. The summed E-state index contributed by atoms with van der Waals surface area (Å²) in [5.41, 5.74) is 0.978. The Hall–Kier alpha value is -2.15. The van der Waals surface area contributed by atoms with Crippen LogP contribution >= 0.6 is 0 Å². The first-order valence-corrected chi connectivity index (χ1v) is 9.55. The Bertz CT molecular complexity index is 630. The van der Waals surface area contributed by atoms with E-state index in [1.54, 1.807) is 12.1 Å². The minimum atomic E-state index is -0.827. The molecule has 6 nitrogen and oxygen atoms in total. The van der Waals surface area contributed by atoms with Crippen LogP contribution in [0, 0.1) is 11.7 Å². The number of urea groups is 1. The third kappa shape index (κ3) is 6.50. The van der Waals surface area contributed by atoms with Gasteiger partial charge < -0.3 is 15.7 Å². The normalized spacial score (nSPS) is 20.2. The Morgan fingerprint density at radius 1 is 1.26 bits per heavy atom. The van der Waals surface area contributed by atoms with Gasteiger partial charge in [0.15, 0.2) is 0 Å². The highest BCUT2D eigenvalue weighted by atomic mass is 19.1. The first kappa shape index (κ1) is 21.2. The molecule has 1 aliphatic carbocycles. The van der Waals surface area contributed by atoms with Crippen LogP contribution in [0.25, 0.3) is 0 Å². The Kier molecular flexibility index (Phi) is 7.59. The van der Waals surface area contributed by atoms with Gasteiger partial charge in [-0.3, -0.25) is 9.69 Å². The molecule has 3 N–H and O–H groups in total. The number of aliphatic carboxylic acids is 1. The number of carboxylic acid groups (broad SMARTS) is 1. The number of benzene rings is 1. The van der Waals surface area contributed by atoms with E-state index in [-0.39, 0.29) is 42.4 Å². The number of nitrogens with zero attached hydrogens (tertiary/aromatic N) is 1. The van der Waals surface area contributed by atoms with Crippen molar-refractivity contribution in [3.63, 3.8) is 0 Å². The maximum absolute atomic E-state index is 13.0. The number of hydrogen-bond donors (Lipinski definition) is 3. The van der Waals surface area contributed by atoms with Crippen molar-refractivity contribution in [2.24, 2.45) is 5.92 Å². The molecule has 0 saturated heterocycles. The van der Waals surface area contributed by atoms with Gasteiger partial charge in [-0.25, -0.2) is 9.18 Å². The summed E-state index contributed by atoms with van der Waals surface area (Å²) in [5.74, 6) is -0.859. The predicted molar refractivity (Wildman–Crippen MR) is 102 cm³/mol. The molecule has 150 valence electrons. The summed E-state index contributed by atoms with van der Waals surface area (Å²) in [6.07, 6.45) is 2.17. The van der Waals surface area contributed by atoms with Crippen LogP contribution in [0.5, 0.6) is 0 Å². The molecule has 7 heteroatoms. The molecule has 2 amide bonds. The van der Waals surface area contributed by atoms with Crippen LogP contribution in [0.3, 0.4) is 0 Å². The van der Waals surface area contributed by atoms with Crippen LogP contribution in [0.2, 0.25) is 0 Å². The molecule has 0 heterocycles. The number of rotatable bonds is 9. The van der Waals surface area contributed by atoms with Gasteiger partial charge in [-0.15, -0.1) is 0 Å². The minimum Gasteiger partial charge on any atom is -0.480 e. The van der Waals surface area contributed by atoms with Crippen LogP contribution < -0.4 is 10.6 Å². The SMILES string of the molecule is CCN(CC(=O)O)C1CC(NC(=O)NC(Cc2ccc(F)cc2)C(C)C)C1. The van der Waals surface area contributed by atoms with Crippen molar-refractivity contribution in [2.45, 2.75) is 58.2 Å². The highest BCUT2D eigenvalue weighted by Gasteiger charge is 2.35. The van der Waals surface area contributed by atoms with E-state index in [0.29, 0.717) is 13.0 Å². The third-order valence-electron chi connectivity index (χ3n) is 5.20. The Morgan fingerprint density at radius 3 is 2.41 bits per heavy atom. The molecule has 0 aliphatic heterocycles. The maximum Gasteiger partial charge on any atom is 0.317 e. The molecular formula is C20H30FN3O3. The number of carbonyl (C=O) groups excluding carboxylic acids is 1. The molecule has 1 saturated carbocycles. The van der Waals surface area contributed by atoms with Gasteiger partial charge in [0, 0.05) is 18.1 Å². The van der Waals surface area contributed by atoms with Gasteiger partial charge in [0.05, 0.1) is 6.54 Å². The molecule has 1 unspecified atom stereocenters. The predicted octanol–water partition coefficient (Wildman–Crippen LogP) is 2.63. The Morgan fingerprint density at radius 2 is 1.89 bits per heavy atom. The molecule has 0 radical (unpaired) electrons. The number of amides is 2. The van der Waals surface area contributed by atoms with E-state index in [4.69, 9.17) is 5.11 Å². The second-order valence-corrected chi connectivity index (χ2v) is 7.58. The Labute approximate surface area is 160 Å². The highest BCUT2D eigenvalue weighted by molar-refractivity contribution is 5.74. The van der Waals surface area contributed by atoms with Crippen LogP contribution in [0.4, 0.5) is 9.18 Å². The fraction of sp³-hybridized carbons (Fsp3) is 0.600. The zero-order valence-corrected chi connectivity index (χ0v) is 16.2. The van der Waals surface area contributed by atoms with E-state index in [1.165, 1.54) is 12.1 Å². The molecule has 1 atom stereocenters. The zero-order valence-electron chi connectivity index (χ0n) is 16.2. The van der Waals surface area contributed by atoms with Crippen molar-refractivity contribution >= 4 is 12.0 Å². The number of halogens is 1. The summed E-state index contributed by atoms with van der Waals surface area (Å²) in [7, 11) is 0. The van der Waals surface area contributed by atoms with E-state index in [2.05, 4.69) is 10.6 Å². The van der Waals surface area contributed by atoms with Crippen molar-refractivity contribution in [1.82, 2.24) is 15.5 Å². The average molecular weight is 379 g/mol. The van der Waals surface area contributed by atoms with Crippen LogP contribution in [-0.4, -0.2) is 53.2 Å². The standard InChI is InChI=1S/C20H30FN3O3/c1-4-24(12-19(25)26)17-10-16(11-17)22-20(27)23-18(13(2)3)9-14-5-7-15(21)8-6-14/h5-8,13,16-18H,4,9-12H2,1-3H3,(H,25,26)(H2,22,23,27). The molecule has 1 aromatic carbocycles. The van der Waals surface area contributed by atoms with Gasteiger partial charge in [0.1, 0.15) is 5.82 Å². The highest BCUT2D eigenvalue weighted by Crippen LogP contribution is 2.25. The second-order valence-electron chi connectivity index (χ2n) is 7.58. The van der Waals surface area contributed by atoms with Crippen LogP contribution in [-0.2, 0) is 11.2 Å². The van der Waals surface area contributed by atoms with Gasteiger partial charge in [-0.1, -0.05) is 32.9 Å².